The van der Waals surface area contributed by atoms with E-state index in [1.165, 1.54) is 0 Å². The Kier molecular flexibility index (Phi) is 21.0. The third kappa shape index (κ3) is 15.0. The Labute approximate surface area is 408 Å². The van der Waals surface area contributed by atoms with Crippen LogP contribution in [0.15, 0.2) is 24.3 Å². The highest BCUT2D eigenvalue weighted by molar-refractivity contribution is 6.74. The van der Waals surface area contributed by atoms with Gasteiger partial charge in [0, 0.05) is 40.1 Å². The van der Waals surface area contributed by atoms with Crippen LogP contribution in [-0.2, 0) is 56.3 Å². The van der Waals surface area contributed by atoms with Gasteiger partial charge >= 0.3 is 5.97 Å². The van der Waals surface area contributed by atoms with Crippen LogP contribution in [0.3, 0.4) is 0 Å². The van der Waals surface area contributed by atoms with Crippen LogP contribution >= 0.6 is 0 Å². The molecule has 2 bridgehead atoms. The predicted octanol–water partition coefficient (Wildman–Crippen LogP) is 9.15. The van der Waals surface area contributed by atoms with Gasteiger partial charge in [0.1, 0.15) is 36.8 Å². The predicted molar refractivity (Wildman–Crippen MR) is 267 cm³/mol. The number of cyclic esters (lactones) is 1. The van der Waals surface area contributed by atoms with Crippen molar-refractivity contribution in [1.29, 1.82) is 0 Å². The molecule has 4 heterocycles. The minimum Gasteiger partial charge on any atom is -0.462 e. The zero-order chi connectivity index (χ0) is 50.4. The van der Waals surface area contributed by atoms with E-state index in [2.05, 4.69) is 93.7 Å². The fourth-order valence-electron chi connectivity index (χ4n) is 9.49. The highest BCUT2D eigenvalue weighted by Gasteiger charge is 2.54. The topological polar surface area (TPSA) is 142 Å². The second kappa shape index (κ2) is 24.1. The lowest BCUT2D eigenvalue weighted by Gasteiger charge is -2.51. The normalized spacial score (nSPS) is 40.1. The molecule has 390 valence electrons. The van der Waals surface area contributed by atoms with Crippen LogP contribution in [-0.4, -0.2) is 159 Å². The molecule has 0 aromatic heterocycles. The number of hydrogen-bond acceptors (Lipinski definition) is 14. The summed E-state index contributed by atoms with van der Waals surface area (Å²) in [5.41, 5.74) is -0.664. The van der Waals surface area contributed by atoms with Crippen LogP contribution in [0.2, 0.25) is 36.3 Å². The van der Waals surface area contributed by atoms with Gasteiger partial charge in [-0.3, -0.25) is 4.79 Å². The lowest BCUT2D eigenvalue weighted by Crippen LogP contribution is -2.66. The van der Waals surface area contributed by atoms with Crippen molar-refractivity contribution >= 4 is 22.6 Å². The lowest BCUT2D eigenvalue weighted by atomic mass is 9.83. The van der Waals surface area contributed by atoms with Gasteiger partial charge in [0.25, 0.3) is 0 Å². The van der Waals surface area contributed by atoms with Crippen molar-refractivity contribution in [3.05, 3.63) is 24.3 Å². The smallest absolute Gasteiger partial charge is 0.308 e. The van der Waals surface area contributed by atoms with Crippen molar-refractivity contribution in [3.63, 3.8) is 0 Å². The van der Waals surface area contributed by atoms with Crippen LogP contribution in [0.4, 0.5) is 0 Å². The van der Waals surface area contributed by atoms with E-state index in [1.807, 2.05) is 58.8 Å². The number of nitrogens with zero attached hydrogens (tertiary/aromatic N) is 1. The number of aliphatic hydroxyl groups excluding tert-OH is 1. The maximum absolute atomic E-state index is 13.9. The summed E-state index contributed by atoms with van der Waals surface area (Å²) in [4.78, 5) is 15.8. The first-order valence-corrected chi connectivity index (χ1v) is 31.0. The molecule has 0 saturated carbocycles. The second-order valence-electron chi connectivity index (χ2n) is 23.4. The van der Waals surface area contributed by atoms with E-state index in [0.29, 0.717) is 32.3 Å². The number of fused-ring (bicyclic) bond motifs is 3. The molecule has 4 rings (SSSR count). The first kappa shape index (κ1) is 58.5. The molecule has 0 radical (unpaired) electrons. The highest BCUT2D eigenvalue weighted by Crippen LogP contribution is 2.45. The Morgan fingerprint density at radius 1 is 0.836 bits per heavy atom. The molecule has 14 nitrogen and oxygen atoms in total. The Morgan fingerprint density at radius 2 is 1.48 bits per heavy atom. The van der Waals surface area contributed by atoms with Crippen LogP contribution in [0, 0.1) is 11.8 Å². The van der Waals surface area contributed by atoms with Gasteiger partial charge in [0.05, 0.1) is 48.6 Å². The van der Waals surface area contributed by atoms with Gasteiger partial charge in [-0.15, -0.1) is 0 Å². The van der Waals surface area contributed by atoms with E-state index >= 15 is 0 Å². The van der Waals surface area contributed by atoms with Crippen LogP contribution < -0.4 is 0 Å². The summed E-state index contributed by atoms with van der Waals surface area (Å²) < 4.78 is 73.4. The van der Waals surface area contributed by atoms with Crippen LogP contribution in [0.25, 0.3) is 0 Å². The molecule has 16 heteroatoms. The molecule has 0 aromatic rings. The largest absolute Gasteiger partial charge is 0.462 e. The molecule has 0 aliphatic carbocycles. The number of hydrogen-bond donors (Lipinski definition) is 1. The molecule has 0 amide bonds. The zero-order valence-electron chi connectivity index (χ0n) is 45.3. The molecular weight excluding hydrogens is 891 g/mol. The van der Waals surface area contributed by atoms with Gasteiger partial charge in [-0.25, -0.2) is 0 Å². The fourth-order valence-corrected chi connectivity index (χ4v) is 12.0. The quantitative estimate of drug-likeness (QED) is 0.131. The fraction of sp³-hybridized carbons (Fsp3) is 0.902. The van der Waals surface area contributed by atoms with E-state index in [0.717, 1.165) is 6.42 Å². The van der Waals surface area contributed by atoms with Gasteiger partial charge in [0.15, 0.2) is 29.2 Å². The minimum absolute atomic E-state index is 0.000290. The zero-order valence-corrected chi connectivity index (χ0v) is 47.3. The molecular formula is C51H95NO13Si2. The van der Waals surface area contributed by atoms with Gasteiger partial charge < -0.3 is 61.5 Å². The maximum Gasteiger partial charge on any atom is 0.308 e. The van der Waals surface area contributed by atoms with Gasteiger partial charge in [-0.05, 0) is 103 Å². The first-order chi connectivity index (χ1) is 31.0. The minimum atomic E-state index is -2.43. The summed E-state index contributed by atoms with van der Waals surface area (Å²) in [5, 5.41) is 12.4. The van der Waals surface area contributed by atoms with Crippen molar-refractivity contribution in [2.75, 3.05) is 34.9 Å². The summed E-state index contributed by atoms with van der Waals surface area (Å²) in [6.07, 6.45) is 2.83. The van der Waals surface area contributed by atoms with E-state index < -0.39 is 89.7 Å². The molecule has 17 atom stereocenters. The van der Waals surface area contributed by atoms with E-state index in [-0.39, 0.29) is 52.7 Å². The molecule has 4 aliphatic heterocycles. The van der Waals surface area contributed by atoms with Gasteiger partial charge in [0.2, 0.25) is 0 Å². The van der Waals surface area contributed by atoms with Crippen molar-refractivity contribution in [2.24, 2.45) is 11.8 Å². The number of methoxy groups -OCH3 is 2. The number of carbonyl (C=O) groups is 1. The number of aliphatic hydroxyl groups is 1. The Morgan fingerprint density at radius 3 is 2.06 bits per heavy atom. The number of rotatable bonds is 14. The summed E-state index contributed by atoms with van der Waals surface area (Å²) in [6.45, 7) is 35.2. The second-order valence-corrected chi connectivity index (χ2v) is 32.9. The number of esters is 1. The number of allylic oxidation sites excluding steroid dienone is 2. The van der Waals surface area contributed by atoms with Crippen LogP contribution in [0.5, 0.6) is 0 Å². The summed E-state index contributed by atoms with van der Waals surface area (Å²) >= 11 is 0. The molecule has 0 spiro atoms. The summed E-state index contributed by atoms with van der Waals surface area (Å²) in [6, 6.07) is -0.566. The van der Waals surface area contributed by atoms with Crippen molar-refractivity contribution in [1.82, 2.24) is 4.90 Å². The van der Waals surface area contributed by atoms with E-state index in [9.17, 15) is 9.90 Å². The molecule has 67 heavy (non-hydrogen) atoms. The summed E-state index contributed by atoms with van der Waals surface area (Å²) in [7, 11) is 2.48. The number of ether oxygens (including phenoxy) is 9. The number of carbonyl (C=O) groups excluding carboxylic acids is 1. The average Bonchev–Trinajstić information content (AvgIpc) is 3.31. The number of likely N-dealkylation sites (N-methyl/N-ethyl adjacent to an activating group) is 1. The van der Waals surface area contributed by atoms with E-state index in [4.69, 9.17) is 51.5 Å². The van der Waals surface area contributed by atoms with Gasteiger partial charge in [-0.2, -0.15) is 0 Å². The third-order valence-corrected chi connectivity index (χ3v) is 24.5. The molecule has 4 aliphatic rings. The highest BCUT2D eigenvalue weighted by atomic mass is 28.4. The molecule has 1 N–H and O–H groups in total. The van der Waals surface area contributed by atoms with Crippen molar-refractivity contribution in [3.8, 4) is 0 Å². The standard InChI is InChI=1S/C51H95NO13Si2/c1-21-27-57-47-35(5)59-41(31-51(47,12)56-16)62-44-34(4)60-48(43(54)42(44)52(13)14)63-45-36-28-32(2)37(64-66(17,18)49(6,7)8)26-24-22-23-25-33(3)58-39(53)30-38(46(45)55-15)61-40(29-36)65-67(19,20)50(9,10)11/h22-24,26,32-38,40-48,54H,21,25,27-31H2,1-20H3/b23-22+,26-24+/t32-,33-,34+,35-,36-,37+,38-,40?,41-,42+,43+,44+,45+,46+,47-,48-,51+/m1/s1. The van der Waals surface area contributed by atoms with Crippen molar-refractivity contribution in [2.45, 2.75) is 249 Å². The third-order valence-electron chi connectivity index (χ3n) is 15.6. The molecule has 3 saturated heterocycles. The Bertz CT molecular complexity index is 1600. The average molecular weight is 986 g/mol. The Balaban J connectivity index is 1.79. The molecule has 0 aromatic carbocycles. The summed E-state index contributed by atoms with van der Waals surface area (Å²) in [5.74, 6) is -0.667. The van der Waals surface area contributed by atoms with Crippen LogP contribution in [0.1, 0.15) is 122 Å². The maximum atomic E-state index is 13.9. The van der Waals surface area contributed by atoms with Gasteiger partial charge in [-0.1, -0.05) is 79.7 Å². The van der Waals surface area contributed by atoms with E-state index in [1.54, 1.807) is 14.2 Å². The first-order valence-electron chi connectivity index (χ1n) is 25.2. The van der Waals surface area contributed by atoms with Crippen molar-refractivity contribution < 1.29 is 61.4 Å². The lowest BCUT2D eigenvalue weighted by molar-refractivity contribution is -0.346. The SMILES string of the molecule is CCCO[C@@H]1[C@@H](C)O[C@H](O[C@@H]2[C@@H](N(C)C)[C@H](O)[C@@H](O[C@H]3[C@H]4CC(O[Si](C)(C)C(C)(C)C)O[C@H](CC(=O)O[C@H](C)C/C=C/C=C/[C@H](O[Si](C)(C)C(C)(C)C)[C@H](C)C4)[C@@H]3OC)O[C@H]2C)C[C@]1(C)OC. The monoisotopic (exact) mass is 986 g/mol. The molecule has 3 fully saturated rings. The molecule has 1 unspecified atom stereocenters. The Hall–Kier alpha value is -1.10.